The fraction of sp³-hybridized carbons (Fsp3) is 0.273. The topological polar surface area (TPSA) is 97.4 Å². The number of nitrogens with two attached hydrogens (primary N) is 1. The third-order valence-corrected chi connectivity index (χ3v) is 4.85. The van der Waals surface area contributed by atoms with Gasteiger partial charge >= 0.3 is 5.97 Å². The van der Waals surface area contributed by atoms with Crippen LogP contribution in [0.4, 0.5) is 5.69 Å². The molecule has 28 heavy (non-hydrogen) atoms. The van der Waals surface area contributed by atoms with Gasteiger partial charge in [-0.05, 0) is 30.0 Å². The molecule has 0 aliphatic rings. The third-order valence-electron chi connectivity index (χ3n) is 4.85. The van der Waals surface area contributed by atoms with Crippen LogP contribution in [0.3, 0.4) is 0 Å². The minimum absolute atomic E-state index is 0.137. The van der Waals surface area contributed by atoms with Gasteiger partial charge in [0.25, 0.3) is 5.91 Å². The molecule has 0 saturated heterocycles. The van der Waals surface area contributed by atoms with Gasteiger partial charge in [-0.15, -0.1) is 0 Å². The van der Waals surface area contributed by atoms with Crippen LogP contribution in [-0.2, 0) is 11.8 Å². The molecule has 0 aliphatic heterocycles. The molecule has 6 heteroatoms. The van der Waals surface area contributed by atoms with Crippen LogP contribution in [0.15, 0.2) is 48.5 Å². The number of rotatable bonds is 6. The van der Waals surface area contributed by atoms with E-state index < -0.39 is 17.9 Å². The third kappa shape index (κ3) is 3.58. The maximum absolute atomic E-state index is 13.2. The highest BCUT2D eigenvalue weighted by Crippen LogP contribution is 2.37. The summed E-state index contributed by atoms with van der Waals surface area (Å²) in [7, 11) is 1.79. The van der Waals surface area contributed by atoms with Crippen LogP contribution in [0, 0.1) is 5.92 Å². The first kappa shape index (κ1) is 19.5. The van der Waals surface area contributed by atoms with Gasteiger partial charge in [-0.25, -0.2) is 4.79 Å². The summed E-state index contributed by atoms with van der Waals surface area (Å²) in [5.41, 5.74) is 9.61. The molecule has 2 aromatic carbocycles. The summed E-state index contributed by atoms with van der Waals surface area (Å²) in [5, 5.41) is 13.0. The molecule has 0 saturated carbocycles. The lowest BCUT2D eigenvalue weighted by atomic mass is 9.99. The molecule has 0 radical (unpaired) electrons. The van der Waals surface area contributed by atoms with Crippen molar-refractivity contribution in [2.45, 2.75) is 26.3 Å². The van der Waals surface area contributed by atoms with Crippen molar-refractivity contribution < 1.29 is 14.7 Å². The number of hydrogen-bond donors (Lipinski definition) is 3. The summed E-state index contributed by atoms with van der Waals surface area (Å²) >= 11 is 0. The molecule has 0 unspecified atom stereocenters. The molecule has 1 atom stereocenters. The summed E-state index contributed by atoms with van der Waals surface area (Å²) in [6.45, 7) is 3.85. The molecule has 0 fully saturated rings. The standard InChI is InChI=1S/C22H25N3O3/c1-13(2)12-16(22(27)28)24-21(26)20-18(14-8-5-4-6-9-14)19-15(23)10-7-11-17(19)25(20)3/h4-11,13,16H,12,23H2,1-3H3,(H,24,26)(H,27,28)/t16-/m0/s1. The first-order valence-corrected chi connectivity index (χ1v) is 9.27. The number of carboxylic acid groups (broad SMARTS) is 1. The molecule has 3 aromatic rings. The van der Waals surface area contributed by atoms with Crippen LogP contribution in [0.25, 0.3) is 22.0 Å². The normalized spacial score (nSPS) is 12.3. The first-order chi connectivity index (χ1) is 13.3. The summed E-state index contributed by atoms with van der Waals surface area (Å²) in [5.74, 6) is -1.33. The van der Waals surface area contributed by atoms with Gasteiger partial charge < -0.3 is 20.7 Å². The molecular weight excluding hydrogens is 354 g/mol. The average Bonchev–Trinajstić information content (AvgIpc) is 2.95. The van der Waals surface area contributed by atoms with E-state index in [-0.39, 0.29) is 5.92 Å². The van der Waals surface area contributed by atoms with E-state index in [4.69, 9.17) is 5.73 Å². The van der Waals surface area contributed by atoms with Crippen LogP contribution < -0.4 is 11.1 Å². The smallest absolute Gasteiger partial charge is 0.326 e. The fourth-order valence-electron chi connectivity index (χ4n) is 3.59. The summed E-state index contributed by atoms with van der Waals surface area (Å²) in [6, 6.07) is 14.1. The number of benzene rings is 2. The molecule has 0 aliphatic carbocycles. The zero-order valence-electron chi connectivity index (χ0n) is 16.3. The molecule has 3 rings (SSSR count). The highest BCUT2D eigenvalue weighted by atomic mass is 16.4. The molecule has 0 spiro atoms. The van der Waals surface area contributed by atoms with E-state index in [1.807, 2.05) is 56.3 Å². The van der Waals surface area contributed by atoms with Crippen LogP contribution >= 0.6 is 0 Å². The van der Waals surface area contributed by atoms with Crippen LogP contribution in [0.1, 0.15) is 30.8 Å². The number of carbonyl (C=O) groups excluding carboxylic acids is 1. The monoisotopic (exact) mass is 379 g/mol. The summed E-state index contributed by atoms with van der Waals surface area (Å²) < 4.78 is 1.78. The zero-order chi connectivity index (χ0) is 20.4. The Labute approximate surface area is 164 Å². The molecular formula is C22H25N3O3. The SMILES string of the molecule is CC(C)C[C@H](NC(=O)c1c(-c2ccccc2)c2c(N)cccc2n1C)C(=O)O. The van der Waals surface area contributed by atoms with Crippen molar-refractivity contribution in [2.75, 3.05) is 5.73 Å². The van der Waals surface area contributed by atoms with Crippen molar-refractivity contribution >= 4 is 28.5 Å². The average molecular weight is 379 g/mol. The first-order valence-electron chi connectivity index (χ1n) is 9.27. The van der Waals surface area contributed by atoms with E-state index in [1.54, 1.807) is 17.7 Å². The van der Waals surface area contributed by atoms with Gasteiger partial charge in [-0.1, -0.05) is 50.2 Å². The number of hydrogen-bond acceptors (Lipinski definition) is 3. The minimum atomic E-state index is -1.04. The Morgan fingerprint density at radius 2 is 1.79 bits per heavy atom. The molecule has 4 N–H and O–H groups in total. The Morgan fingerprint density at radius 1 is 1.11 bits per heavy atom. The maximum atomic E-state index is 13.2. The number of fused-ring (bicyclic) bond motifs is 1. The Hall–Kier alpha value is -3.28. The lowest BCUT2D eigenvalue weighted by Gasteiger charge is -2.17. The Morgan fingerprint density at radius 3 is 2.39 bits per heavy atom. The molecule has 146 valence electrons. The number of aryl methyl sites for hydroxylation is 1. The number of carbonyl (C=O) groups is 2. The van der Waals surface area contributed by atoms with Crippen LogP contribution in [0.5, 0.6) is 0 Å². The van der Waals surface area contributed by atoms with Crippen molar-refractivity contribution in [2.24, 2.45) is 13.0 Å². The van der Waals surface area contributed by atoms with Gasteiger partial charge in [0.2, 0.25) is 0 Å². The fourth-order valence-corrected chi connectivity index (χ4v) is 3.59. The van der Waals surface area contributed by atoms with E-state index >= 15 is 0 Å². The number of carboxylic acids is 1. The van der Waals surface area contributed by atoms with E-state index in [9.17, 15) is 14.7 Å². The van der Waals surface area contributed by atoms with E-state index in [2.05, 4.69) is 5.32 Å². The van der Waals surface area contributed by atoms with Crippen molar-refractivity contribution in [3.05, 3.63) is 54.2 Å². The quantitative estimate of drug-likeness (QED) is 0.569. The highest BCUT2D eigenvalue weighted by molar-refractivity contribution is 6.14. The molecule has 0 bridgehead atoms. The minimum Gasteiger partial charge on any atom is -0.480 e. The zero-order valence-corrected chi connectivity index (χ0v) is 16.3. The van der Waals surface area contributed by atoms with E-state index in [0.29, 0.717) is 23.4 Å². The number of nitrogens with one attached hydrogen (secondary N) is 1. The number of nitrogen functional groups attached to an aromatic ring is 1. The largest absolute Gasteiger partial charge is 0.480 e. The van der Waals surface area contributed by atoms with Gasteiger partial charge in [0.05, 0.1) is 5.52 Å². The lowest BCUT2D eigenvalue weighted by molar-refractivity contribution is -0.139. The number of nitrogens with zero attached hydrogens (tertiary/aromatic N) is 1. The van der Waals surface area contributed by atoms with Gasteiger partial charge in [0, 0.05) is 23.7 Å². The summed E-state index contributed by atoms with van der Waals surface area (Å²) in [6.07, 6.45) is 0.355. The van der Waals surface area contributed by atoms with E-state index in [1.165, 1.54) is 0 Å². The second-order valence-electron chi connectivity index (χ2n) is 7.38. The highest BCUT2D eigenvalue weighted by Gasteiger charge is 2.27. The second kappa shape index (κ2) is 7.76. The van der Waals surface area contributed by atoms with E-state index in [0.717, 1.165) is 16.5 Å². The summed E-state index contributed by atoms with van der Waals surface area (Å²) in [4.78, 5) is 24.8. The number of amides is 1. The Bertz CT molecular complexity index is 1020. The van der Waals surface area contributed by atoms with Crippen molar-refractivity contribution in [3.8, 4) is 11.1 Å². The maximum Gasteiger partial charge on any atom is 0.326 e. The molecule has 1 aromatic heterocycles. The molecule has 1 amide bonds. The van der Waals surface area contributed by atoms with Gasteiger partial charge in [-0.3, -0.25) is 4.79 Å². The van der Waals surface area contributed by atoms with Gasteiger partial charge in [0.15, 0.2) is 0 Å². The Balaban J connectivity index is 2.17. The van der Waals surface area contributed by atoms with Crippen molar-refractivity contribution in [1.29, 1.82) is 0 Å². The van der Waals surface area contributed by atoms with Crippen LogP contribution in [-0.4, -0.2) is 27.6 Å². The number of aliphatic carboxylic acids is 1. The van der Waals surface area contributed by atoms with Gasteiger partial charge in [-0.2, -0.15) is 0 Å². The van der Waals surface area contributed by atoms with Crippen LogP contribution in [0.2, 0.25) is 0 Å². The number of aromatic nitrogens is 1. The second-order valence-corrected chi connectivity index (χ2v) is 7.38. The van der Waals surface area contributed by atoms with Gasteiger partial charge in [0.1, 0.15) is 11.7 Å². The predicted molar refractivity (Wildman–Crippen MR) is 111 cm³/mol. The molecule has 1 heterocycles. The van der Waals surface area contributed by atoms with Crippen molar-refractivity contribution in [1.82, 2.24) is 9.88 Å². The predicted octanol–water partition coefficient (Wildman–Crippen LogP) is 3.66. The number of anilines is 1. The Kier molecular flexibility index (Phi) is 5.40. The molecule has 6 nitrogen and oxygen atoms in total. The van der Waals surface area contributed by atoms with Crippen molar-refractivity contribution in [3.63, 3.8) is 0 Å². The lowest BCUT2D eigenvalue weighted by Crippen LogP contribution is -2.42.